The number of benzene rings is 10. The number of hydrogen-bond acceptors (Lipinski definition) is 2. The van der Waals surface area contributed by atoms with E-state index in [1.54, 1.807) is 0 Å². The topological polar surface area (TPSA) is 47.6 Å². The first-order chi connectivity index (χ1) is 29.7. The van der Waals surface area contributed by atoms with E-state index in [4.69, 9.17) is 0 Å². The molecule has 10 aromatic rings. The van der Waals surface area contributed by atoms with Crippen LogP contribution in [0.4, 0.5) is 0 Å². The van der Waals surface area contributed by atoms with Crippen LogP contribution in [0.3, 0.4) is 0 Å². The van der Waals surface area contributed by atoms with Crippen molar-refractivity contribution in [3.8, 4) is 80.3 Å². The molecular weight excluding hydrogens is 725 g/mol. The van der Waals surface area contributed by atoms with Crippen molar-refractivity contribution < 1.29 is 0 Å². The highest BCUT2D eigenvalue weighted by molar-refractivity contribution is 6.30. The molecule has 0 heterocycles. The summed E-state index contributed by atoms with van der Waals surface area (Å²) < 4.78 is 0. The molecule has 0 saturated heterocycles. The summed E-state index contributed by atoms with van der Waals surface area (Å²) in [5, 5.41) is 25.5. The van der Waals surface area contributed by atoms with E-state index in [1.807, 2.05) is 48.5 Å². The van der Waals surface area contributed by atoms with Gasteiger partial charge >= 0.3 is 0 Å². The molecule has 0 atom stereocenters. The van der Waals surface area contributed by atoms with Gasteiger partial charge in [0.25, 0.3) is 0 Å². The van der Waals surface area contributed by atoms with Gasteiger partial charge in [-0.05, 0) is 137 Å². The van der Waals surface area contributed by atoms with E-state index in [0.29, 0.717) is 11.1 Å². The van der Waals surface area contributed by atoms with E-state index in [-0.39, 0.29) is 0 Å². The summed E-state index contributed by atoms with van der Waals surface area (Å²) in [6, 6.07) is 71.1. The van der Waals surface area contributed by atoms with Crippen molar-refractivity contribution in [1.82, 2.24) is 0 Å². The van der Waals surface area contributed by atoms with Crippen LogP contribution in [0.25, 0.3) is 76.8 Å². The molecule has 0 aliphatic heterocycles. The number of rotatable bonds is 4. The van der Waals surface area contributed by atoms with Crippen molar-refractivity contribution >= 4 is 32.3 Å². The minimum absolute atomic E-state index is 0.603. The lowest BCUT2D eigenvalue weighted by Crippen LogP contribution is -1.96. The van der Waals surface area contributed by atoms with Crippen LogP contribution in [-0.2, 0) is 0 Å². The molecule has 0 radical (unpaired) electrons. The fraction of sp³-hybridized carbons (Fsp3) is 0. The molecule has 0 fully saturated rings. The predicted molar refractivity (Wildman–Crippen MR) is 246 cm³/mol. The highest BCUT2D eigenvalue weighted by Crippen LogP contribution is 2.47. The van der Waals surface area contributed by atoms with Crippen molar-refractivity contribution in [2.24, 2.45) is 0 Å². The first-order valence-electron chi connectivity index (χ1n) is 19.8. The molecule has 2 nitrogen and oxygen atoms in total. The highest BCUT2D eigenvalue weighted by Gasteiger charge is 2.21. The van der Waals surface area contributed by atoms with Gasteiger partial charge in [0.2, 0.25) is 0 Å². The van der Waals surface area contributed by atoms with Gasteiger partial charge in [-0.1, -0.05) is 157 Å². The Bertz CT molecular complexity index is 3240. The standard InChI is InChI=1S/C58H32N2/c59-37-41-23-19-39(20-24-41)27-29-45-35-55(51-17-9-7-15-47(51)43-11-3-1-4-12-43)53-33-34-54-56(52-18-10-8-16-48(52)44-13-5-2-6-14-44)36-46(50-32-31-49(45)57(53)58(50)54)30-28-40-21-25-42(38-60)26-22-40/h1-26,31-36H. The molecule has 10 rings (SSSR count). The maximum absolute atomic E-state index is 9.42. The normalized spacial score (nSPS) is 10.7. The van der Waals surface area contributed by atoms with Gasteiger partial charge in [0.1, 0.15) is 0 Å². The van der Waals surface area contributed by atoms with Gasteiger partial charge in [0.15, 0.2) is 0 Å². The molecule has 0 aliphatic rings. The molecule has 10 aromatic carbocycles. The zero-order valence-corrected chi connectivity index (χ0v) is 32.4. The minimum atomic E-state index is 0.603. The van der Waals surface area contributed by atoms with Crippen molar-refractivity contribution in [3.63, 3.8) is 0 Å². The van der Waals surface area contributed by atoms with E-state index in [9.17, 15) is 10.5 Å². The van der Waals surface area contributed by atoms with Gasteiger partial charge < -0.3 is 0 Å². The fourth-order valence-corrected chi connectivity index (χ4v) is 8.36. The van der Waals surface area contributed by atoms with Gasteiger partial charge in [0, 0.05) is 22.3 Å². The Morgan fingerprint density at radius 2 is 0.600 bits per heavy atom. The Morgan fingerprint density at radius 3 is 0.983 bits per heavy atom. The smallest absolute Gasteiger partial charge is 0.0991 e. The summed E-state index contributed by atoms with van der Waals surface area (Å²) in [5.74, 6) is 14.0. The average Bonchev–Trinajstić information content (AvgIpc) is 3.33. The molecule has 60 heavy (non-hydrogen) atoms. The molecule has 0 unspecified atom stereocenters. The van der Waals surface area contributed by atoms with Crippen LogP contribution in [0, 0.1) is 46.3 Å². The minimum Gasteiger partial charge on any atom is -0.192 e. The maximum atomic E-state index is 9.42. The first-order valence-corrected chi connectivity index (χ1v) is 19.8. The van der Waals surface area contributed by atoms with Gasteiger partial charge in [-0.15, -0.1) is 0 Å². The van der Waals surface area contributed by atoms with E-state index in [0.717, 1.165) is 99.1 Å². The molecule has 0 aliphatic carbocycles. The van der Waals surface area contributed by atoms with Crippen LogP contribution in [-0.4, -0.2) is 0 Å². The Morgan fingerprint density at radius 1 is 0.267 bits per heavy atom. The lowest BCUT2D eigenvalue weighted by atomic mass is 9.82. The van der Waals surface area contributed by atoms with Crippen LogP contribution in [0.2, 0.25) is 0 Å². The number of hydrogen-bond donors (Lipinski definition) is 0. The third-order valence-corrected chi connectivity index (χ3v) is 11.2. The molecule has 0 spiro atoms. The summed E-state index contributed by atoms with van der Waals surface area (Å²) in [6.45, 7) is 0. The Hall–Kier alpha value is -8.66. The first kappa shape index (κ1) is 35.7. The van der Waals surface area contributed by atoms with E-state index in [2.05, 4.69) is 181 Å². The maximum Gasteiger partial charge on any atom is 0.0991 e. The third-order valence-electron chi connectivity index (χ3n) is 11.2. The summed E-state index contributed by atoms with van der Waals surface area (Å²) in [4.78, 5) is 0. The second kappa shape index (κ2) is 15.4. The van der Waals surface area contributed by atoms with E-state index < -0.39 is 0 Å². The summed E-state index contributed by atoms with van der Waals surface area (Å²) in [6.07, 6.45) is 0. The number of nitriles is 2. The van der Waals surface area contributed by atoms with E-state index >= 15 is 0 Å². The van der Waals surface area contributed by atoms with Crippen LogP contribution < -0.4 is 0 Å². The molecule has 0 aromatic heterocycles. The van der Waals surface area contributed by atoms with Gasteiger partial charge in [-0.25, -0.2) is 0 Å². The molecule has 2 heteroatoms. The lowest BCUT2D eigenvalue weighted by molar-refractivity contribution is 1.48. The van der Waals surface area contributed by atoms with Crippen LogP contribution in [0.15, 0.2) is 194 Å². The predicted octanol–water partition coefficient (Wildman–Crippen LogP) is 13.8. The second-order valence-electron chi connectivity index (χ2n) is 14.7. The van der Waals surface area contributed by atoms with Gasteiger partial charge in [-0.3, -0.25) is 0 Å². The molecule has 0 N–H and O–H groups in total. The van der Waals surface area contributed by atoms with Crippen molar-refractivity contribution in [1.29, 1.82) is 10.5 Å². The molecule has 0 bridgehead atoms. The molecule has 274 valence electrons. The SMILES string of the molecule is N#Cc1ccc(C#Cc2cc(-c3ccccc3-c3ccccc3)c3ccc4c(-c5ccccc5-c5ccccc5)cc(C#Cc5ccc(C#N)cc5)c5ccc2c3c54)cc1. The van der Waals surface area contributed by atoms with Crippen LogP contribution in [0.5, 0.6) is 0 Å². The fourth-order valence-electron chi connectivity index (χ4n) is 8.36. The van der Waals surface area contributed by atoms with Crippen molar-refractivity contribution in [3.05, 3.63) is 228 Å². The Kier molecular flexibility index (Phi) is 9.14. The summed E-state index contributed by atoms with van der Waals surface area (Å²) in [5.41, 5.74) is 13.7. The zero-order chi connectivity index (χ0) is 40.4. The van der Waals surface area contributed by atoms with Gasteiger partial charge in [-0.2, -0.15) is 10.5 Å². The summed E-state index contributed by atoms with van der Waals surface area (Å²) >= 11 is 0. The lowest BCUT2D eigenvalue weighted by Gasteiger charge is -2.21. The van der Waals surface area contributed by atoms with E-state index in [1.165, 1.54) is 0 Å². The molecular formula is C58H32N2. The summed E-state index contributed by atoms with van der Waals surface area (Å²) in [7, 11) is 0. The van der Waals surface area contributed by atoms with Crippen molar-refractivity contribution in [2.75, 3.05) is 0 Å². The van der Waals surface area contributed by atoms with Crippen LogP contribution in [0.1, 0.15) is 33.4 Å². The Labute approximate surface area is 349 Å². The monoisotopic (exact) mass is 756 g/mol. The zero-order valence-electron chi connectivity index (χ0n) is 32.4. The average molecular weight is 757 g/mol. The highest BCUT2D eigenvalue weighted by atomic mass is 14.3. The molecule has 0 amide bonds. The van der Waals surface area contributed by atoms with Gasteiger partial charge in [0.05, 0.1) is 23.3 Å². The molecule has 0 saturated carbocycles. The number of nitrogens with zero attached hydrogens (tertiary/aromatic N) is 2. The quantitative estimate of drug-likeness (QED) is 0.133. The largest absolute Gasteiger partial charge is 0.192 e. The van der Waals surface area contributed by atoms with Crippen molar-refractivity contribution in [2.45, 2.75) is 0 Å². The van der Waals surface area contributed by atoms with Crippen LogP contribution >= 0.6 is 0 Å². The Balaban J connectivity index is 1.32. The third kappa shape index (κ3) is 6.48. The second-order valence-corrected chi connectivity index (χ2v) is 14.7.